The van der Waals surface area contributed by atoms with Crippen molar-refractivity contribution in [3.05, 3.63) is 52.3 Å². The number of halogens is 2. The number of carbonyl (C=O) groups is 1. The molecule has 2 aromatic rings. The molecule has 0 amide bonds. The van der Waals surface area contributed by atoms with Crippen molar-refractivity contribution in [3.8, 4) is 0 Å². The molecule has 9 heteroatoms. The highest BCUT2D eigenvalue weighted by molar-refractivity contribution is 7.93. The minimum atomic E-state index is -4.05. The van der Waals surface area contributed by atoms with Crippen LogP contribution >= 0.6 is 23.2 Å². The van der Waals surface area contributed by atoms with Crippen LogP contribution in [0.5, 0.6) is 0 Å². The summed E-state index contributed by atoms with van der Waals surface area (Å²) in [6, 6.07) is 9.05. The molecule has 0 fully saturated rings. The fourth-order valence-electron chi connectivity index (χ4n) is 2.52. The van der Waals surface area contributed by atoms with Crippen molar-refractivity contribution in [3.63, 3.8) is 0 Å². The van der Waals surface area contributed by atoms with E-state index in [1.54, 1.807) is 24.3 Å². The first kappa shape index (κ1) is 16.0. The van der Waals surface area contributed by atoms with Gasteiger partial charge in [-0.3, -0.25) is 9.10 Å². The van der Waals surface area contributed by atoms with Gasteiger partial charge in [-0.25, -0.2) is 13.4 Å². The summed E-state index contributed by atoms with van der Waals surface area (Å²) in [7, 11) is -4.05. The maximum Gasteiger partial charge on any atom is 0.312 e. The number of benzene rings is 1. The Hall–Kier alpha value is -1.83. The van der Waals surface area contributed by atoms with Gasteiger partial charge >= 0.3 is 5.97 Å². The number of para-hydroxylation sites is 1. The number of hydrogen-bond acceptors (Lipinski definition) is 4. The maximum atomic E-state index is 12.9. The molecule has 1 aliphatic rings. The molecule has 120 valence electrons. The lowest BCUT2D eigenvalue weighted by Gasteiger charge is -2.20. The number of rotatable bonds is 3. The van der Waals surface area contributed by atoms with E-state index >= 15 is 0 Å². The fraction of sp³-hybridized carbons (Fsp3) is 0.143. The second-order valence-corrected chi connectivity index (χ2v) is 7.48. The van der Waals surface area contributed by atoms with Crippen LogP contribution in [0.15, 0.2) is 41.3 Å². The number of carboxylic acid groups (broad SMARTS) is 1. The zero-order valence-corrected chi connectivity index (χ0v) is 13.8. The minimum absolute atomic E-state index is 0.0687. The van der Waals surface area contributed by atoms with Crippen molar-refractivity contribution in [1.82, 2.24) is 4.98 Å². The highest BCUT2D eigenvalue weighted by Crippen LogP contribution is 2.40. The van der Waals surface area contributed by atoms with Crippen molar-refractivity contribution in [2.75, 3.05) is 10.8 Å². The average molecular weight is 373 g/mol. The molecule has 3 rings (SSSR count). The number of carboxylic acids is 1. The average Bonchev–Trinajstić information content (AvgIpc) is 2.87. The van der Waals surface area contributed by atoms with Gasteiger partial charge in [0.05, 0.1) is 12.2 Å². The monoisotopic (exact) mass is 372 g/mol. The molecule has 0 bridgehead atoms. The summed E-state index contributed by atoms with van der Waals surface area (Å²) in [5.41, 5.74) is 0.771. The predicted octanol–water partition coefficient (Wildman–Crippen LogP) is 2.77. The van der Waals surface area contributed by atoms with Gasteiger partial charge in [-0.1, -0.05) is 41.4 Å². The highest BCUT2D eigenvalue weighted by atomic mass is 35.5. The van der Waals surface area contributed by atoms with E-state index in [2.05, 4.69) is 4.98 Å². The summed E-state index contributed by atoms with van der Waals surface area (Å²) in [4.78, 5) is 14.9. The maximum absolute atomic E-state index is 12.9. The SMILES string of the molecule is O=C(O)[C@H]1CN(S(=O)(=O)c2ccc(Cl)nc2Cl)c2ccccc21. The minimum Gasteiger partial charge on any atom is -0.481 e. The number of fused-ring (bicyclic) bond motifs is 1. The second-order valence-electron chi connectivity index (χ2n) is 4.91. The third kappa shape index (κ3) is 2.65. The molecule has 2 heterocycles. The highest BCUT2D eigenvalue weighted by Gasteiger charge is 2.40. The van der Waals surface area contributed by atoms with E-state index in [9.17, 15) is 18.3 Å². The van der Waals surface area contributed by atoms with Crippen LogP contribution in [0.25, 0.3) is 0 Å². The van der Waals surface area contributed by atoms with E-state index in [0.717, 1.165) is 4.31 Å². The standard InChI is InChI=1S/C14H10Cl2N2O4S/c15-12-6-5-11(13(16)17-12)23(21,22)18-7-9(14(19)20)8-3-1-2-4-10(8)18/h1-6,9H,7H2,(H,19,20)/t9-/m0/s1. The molecule has 1 aromatic carbocycles. The van der Waals surface area contributed by atoms with Gasteiger partial charge in [-0.2, -0.15) is 0 Å². The zero-order valence-electron chi connectivity index (χ0n) is 11.5. The smallest absolute Gasteiger partial charge is 0.312 e. The molecule has 0 saturated heterocycles. The van der Waals surface area contributed by atoms with Crippen LogP contribution < -0.4 is 4.31 Å². The van der Waals surface area contributed by atoms with Gasteiger partial charge in [0.25, 0.3) is 10.0 Å². The molecule has 6 nitrogen and oxygen atoms in total. The van der Waals surface area contributed by atoms with Gasteiger partial charge in [0.2, 0.25) is 0 Å². The van der Waals surface area contributed by atoms with Crippen LogP contribution in [0, 0.1) is 0 Å². The molecule has 23 heavy (non-hydrogen) atoms. The molecule has 1 aromatic heterocycles. The van der Waals surface area contributed by atoms with E-state index in [0.29, 0.717) is 11.3 Å². The van der Waals surface area contributed by atoms with Crippen LogP contribution in [0.4, 0.5) is 5.69 Å². The molecule has 1 atom stereocenters. The van der Waals surface area contributed by atoms with Gasteiger partial charge < -0.3 is 5.11 Å². The Morgan fingerprint density at radius 1 is 1.22 bits per heavy atom. The summed E-state index contributed by atoms with van der Waals surface area (Å²) >= 11 is 11.6. The molecular formula is C14H10Cl2N2O4S. The van der Waals surface area contributed by atoms with Gasteiger partial charge in [0.15, 0.2) is 5.15 Å². The summed E-state index contributed by atoms with van der Waals surface area (Å²) in [5.74, 6) is -2.02. The van der Waals surface area contributed by atoms with E-state index in [1.807, 2.05) is 0 Å². The van der Waals surface area contributed by atoms with Crippen molar-refractivity contribution in [2.24, 2.45) is 0 Å². The van der Waals surface area contributed by atoms with Crippen molar-refractivity contribution >= 4 is 44.9 Å². The lowest BCUT2D eigenvalue weighted by molar-refractivity contribution is -0.138. The van der Waals surface area contributed by atoms with Crippen molar-refractivity contribution in [2.45, 2.75) is 10.8 Å². The number of aliphatic carboxylic acids is 1. The molecule has 0 spiro atoms. The summed E-state index contributed by atoms with van der Waals surface area (Å²) in [6.45, 7) is -0.198. The number of hydrogen-bond donors (Lipinski definition) is 1. The lowest BCUT2D eigenvalue weighted by atomic mass is 10.0. The summed E-state index contributed by atoms with van der Waals surface area (Å²) < 4.78 is 26.8. The van der Waals surface area contributed by atoms with Crippen LogP contribution in [-0.4, -0.2) is 31.0 Å². The Balaban J connectivity index is 2.13. The number of aromatic nitrogens is 1. The van der Waals surface area contributed by atoms with E-state index in [1.165, 1.54) is 12.1 Å². The van der Waals surface area contributed by atoms with E-state index in [-0.39, 0.29) is 21.7 Å². The van der Waals surface area contributed by atoms with Crippen LogP contribution in [0.3, 0.4) is 0 Å². The number of sulfonamides is 1. The Kier molecular flexibility index (Phi) is 3.95. The van der Waals surface area contributed by atoms with Gasteiger partial charge in [-0.05, 0) is 23.8 Å². The molecule has 0 unspecified atom stereocenters. The molecule has 1 N–H and O–H groups in total. The Morgan fingerprint density at radius 2 is 1.91 bits per heavy atom. The Morgan fingerprint density at radius 3 is 2.57 bits per heavy atom. The van der Waals surface area contributed by atoms with E-state index < -0.39 is 21.9 Å². The van der Waals surface area contributed by atoms with Crippen LogP contribution in [-0.2, 0) is 14.8 Å². The fourth-order valence-corrected chi connectivity index (χ4v) is 4.66. The topological polar surface area (TPSA) is 87.6 Å². The zero-order chi connectivity index (χ0) is 16.8. The third-order valence-electron chi connectivity index (χ3n) is 3.58. The van der Waals surface area contributed by atoms with Gasteiger partial charge in [0, 0.05) is 0 Å². The van der Waals surface area contributed by atoms with E-state index in [4.69, 9.17) is 23.2 Å². The van der Waals surface area contributed by atoms with Gasteiger partial charge in [-0.15, -0.1) is 0 Å². The van der Waals surface area contributed by atoms with Crippen molar-refractivity contribution < 1.29 is 18.3 Å². The first-order chi connectivity index (χ1) is 10.8. The Bertz CT molecular complexity index is 901. The van der Waals surface area contributed by atoms with Crippen LogP contribution in [0.2, 0.25) is 10.3 Å². The molecule has 0 saturated carbocycles. The Labute approximate surface area is 142 Å². The first-order valence-corrected chi connectivity index (χ1v) is 8.68. The summed E-state index contributed by atoms with van der Waals surface area (Å²) in [5, 5.41) is 9.14. The number of pyridine rings is 1. The normalized spacial score (nSPS) is 17.1. The molecule has 1 aliphatic heterocycles. The molecule has 0 aliphatic carbocycles. The third-order valence-corrected chi connectivity index (χ3v) is 6.00. The lowest BCUT2D eigenvalue weighted by Crippen LogP contribution is -2.31. The predicted molar refractivity (Wildman–Crippen MR) is 85.6 cm³/mol. The number of nitrogens with zero attached hydrogens (tertiary/aromatic N) is 2. The summed E-state index contributed by atoms with van der Waals surface area (Å²) in [6.07, 6.45) is 0. The van der Waals surface area contributed by atoms with Crippen LogP contribution in [0.1, 0.15) is 11.5 Å². The number of anilines is 1. The molecule has 0 radical (unpaired) electrons. The molecular weight excluding hydrogens is 363 g/mol. The first-order valence-electron chi connectivity index (χ1n) is 6.49. The largest absolute Gasteiger partial charge is 0.481 e. The van der Waals surface area contributed by atoms with Gasteiger partial charge in [0.1, 0.15) is 16.0 Å². The van der Waals surface area contributed by atoms with Crippen molar-refractivity contribution in [1.29, 1.82) is 0 Å². The quantitative estimate of drug-likeness (QED) is 0.836. The second kappa shape index (κ2) is 5.67.